The number of nitrogen functional groups attached to an aromatic ring is 1. The van der Waals surface area contributed by atoms with Gasteiger partial charge in [0.15, 0.2) is 0 Å². The van der Waals surface area contributed by atoms with Crippen LogP contribution in [0.2, 0.25) is 0 Å². The van der Waals surface area contributed by atoms with Crippen LogP contribution in [0.5, 0.6) is 0 Å². The molecule has 1 atom stereocenters. The van der Waals surface area contributed by atoms with Crippen molar-refractivity contribution >= 4 is 17.3 Å². The summed E-state index contributed by atoms with van der Waals surface area (Å²) in [6.07, 6.45) is 2.01. The quantitative estimate of drug-likeness (QED) is 0.655. The highest BCUT2D eigenvalue weighted by Gasteiger charge is 2.21. The van der Waals surface area contributed by atoms with Gasteiger partial charge in [0.05, 0.1) is 17.3 Å². The van der Waals surface area contributed by atoms with Crippen LogP contribution in [-0.2, 0) is 4.79 Å². The molecular weight excluding hydrogens is 202 g/mol. The zero-order valence-electron chi connectivity index (χ0n) is 9.20. The molecule has 0 aliphatic carbocycles. The summed E-state index contributed by atoms with van der Waals surface area (Å²) in [6, 6.07) is 7.33. The maximum Gasteiger partial charge on any atom is 0.228 e. The fourth-order valence-corrected chi connectivity index (χ4v) is 1.92. The van der Waals surface area contributed by atoms with Gasteiger partial charge in [-0.2, -0.15) is 0 Å². The summed E-state index contributed by atoms with van der Waals surface area (Å²) in [6.45, 7) is 1.77. The number of nitrogens with one attached hydrogen (secondary N) is 2. The number of para-hydroxylation sites is 2. The van der Waals surface area contributed by atoms with E-state index in [-0.39, 0.29) is 11.8 Å². The molecule has 0 aromatic heterocycles. The Morgan fingerprint density at radius 3 is 2.94 bits per heavy atom. The van der Waals surface area contributed by atoms with Crippen LogP contribution in [0.15, 0.2) is 24.3 Å². The lowest BCUT2D eigenvalue weighted by Crippen LogP contribution is -2.37. The van der Waals surface area contributed by atoms with Crippen LogP contribution in [0.25, 0.3) is 0 Å². The fourth-order valence-electron chi connectivity index (χ4n) is 1.92. The van der Waals surface area contributed by atoms with Gasteiger partial charge in [0, 0.05) is 6.54 Å². The summed E-state index contributed by atoms with van der Waals surface area (Å²) in [4.78, 5) is 11.9. The smallest absolute Gasteiger partial charge is 0.228 e. The number of amides is 1. The van der Waals surface area contributed by atoms with Crippen LogP contribution in [0, 0.1) is 5.92 Å². The first-order valence-electron chi connectivity index (χ1n) is 5.63. The summed E-state index contributed by atoms with van der Waals surface area (Å²) in [7, 11) is 0. The van der Waals surface area contributed by atoms with Crippen LogP contribution in [0.3, 0.4) is 0 Å². The zero-order valence-corrected chi connectivity index (χ0v) is 9.20. The second kappa shape index (κ2) is 4.99. The molecule has 4 N–H and O–H groups in total. The molecule has 1 amide bonds. The SMILES string of the molecule is Nc1ccccc1NC(=O)C1CCCNC1. The molecule has 1 heterocycles. The van der Waals surface area contributed by atoms with Gasteiger partial charge < -0.3 is 16.4 Å². The van der Waals surface area contributed by atoms with Gasteiger partial charge in [0.2, 0.25) is 5.91 Å². The molecule has 1 unspecified atom stereocenters. The highest BCUT2D eigenvalue weighted by molar-refractivity contribution is 5.95. The Morgan fingerprint density at radius 1 is 1.44 bits per heavy atom. The molecule has 0 spiro atoms. The number of carbonyl (C=O) groups excluding carboxylic acids is 1. The molecule has 1 saturated heterocycles. The van der Waals surface area contributed by atoms with E-state index in [0.29, 0.717) is 11.4 Å². The van der Waals surface area contributed by atoms with Crippen LogP contribution < -0.4 is 16.4 Å². The highest BCUT2D eigenvalue weighted by Crippen LogP contribution is 2.19. The fraction of sp³-hybridized carbons (Fsp3) is 0.417. The van der Waals surface area contributed by atoms with Crippen molar-refractivity contribution in [3.63, 3.8) is 0 Å². The van der Waals surface area contributed by atoms with Crippen LogP contribution >= 0.6 is 0 Å². The van der Waals surface area contributed by atoms with E-state index < -0.39 is 0 Å². The minimum absolute atomic E-state index is 0.0603. The van der Waals surface area contributed by atoms with Crippen LogP contribution in [0.4, 0.5) is 11.4 Å². The number of hydrogen-bond donors (Lipinski definition) is 3. The number of rotatable bonds is 2. The predicted molar refractivity (Wildman–Crippen MR) is 65.1 cm³/mol. The summed E-state index contributed by atoms with van der Waals surface area (Å²) in [5.41, 5.74) is 7.09. The third-order valence-corrected chi connectivity index (χ3v) is 2.89. The van der Waals surface area contributed by atoms with E-state index >= 15 is 0 Å². The molecule has 1 aromatic rings. The summed E-state index contributed by atoms with van der Waals surface area (Å²) < 4.78 is 0. The highest BCUT2D eigenvalue weighted by atomic mass is 16.1. The third-order valence-electron chi connectivity index (χ3n) is 2.89. The van der Waals surface area contributed by atoms with Gasteiger partial charge in [-0.1, -0.05) is 12.1 Å². The number of benzene rings is 1. The van der Waals surface area contributed by atoms with E-state index in [1.54, 1.807) is 6.07 Å². The normalized spacial score (nSPS) is 20.4. The molecule has 1 aliphatic rings. The molecule has 1 aliphatic heterocycles. The second-order valence-corrected chi connectivity index (χ2v) is 4.12. The van der Waals surface area contributed by atoms with Crippen LogP contribution in [-0.4, -0.2) is 19.0 Å². The molecule has 1 fully saturated rings. The monoisotopic (exact) mass is 219 g/mol. The molecule has 0 bridgehead atoms. The topological polar surface area (TPSA) is 67.1 Å². The Balaban J connectivity index is 1.99. The summed E-state index contributed by atoms with van der Waals surface area (Å²) in [5.74, 6) is 0.124. The number of anilines is 2. The Labute approximate surface area is 95.2 Å². The van der Waals surface area contributed by atoms with Gasteiger partial charge in [0.25, 0.3) is 0 Å². The van der Waals surface area contributed by atoms with Crippen molar-refractivity contribution in [1.29, 1.82) is 0 Å². The van der Waals surface area contributed by atoms with Crippen molar-refractivity contribution in [3.05, 3.63) is 24.3 Å². The van der Waals surface area contributed by atoms with Crippen molar-refractivity contribution in [2.75, 3.05) is 24.1 Å². The lowest BCUT2D eigenvalue weighted by Gasteiger charge is -2.22. The molecule has 4 heteroatoms. The predicted octanol–water partition coefficient (Wildman–Crippen LogP) is 1.21. The standard InChI is InChI=1S/C12H17N3O/c13-10-5-1-2-6-11(10)15-12(16)9-4-3-7-14-8-9/h1-2,5-6,9,14H,3-4,7-8,13H2,(H,15,16). The lowest BCUT2D eigenvalue weighted by atomic mass is 9.99. The first kappa shape index (κ1) is 11.0. The Hall–Kier alpha value is -1.55. The molecular formula is C12H17N3O. The first-order valence-corrected chi connectivity index (χ1v) is 5.63. The lowest BCUT2D eigenvalue weighted by molar-refractivity contribution is -0.120. The minimum atomic E-state index is 0.0603. The summed E-state index contributed by atoms with van der Waals surface area (Å²) in [5, 5.41) is 6.10. The maximum atomic E-state index is 11.9. The van der Waals surface area contributed by atoms with E-state index in [4.69, 9.17) is 5.73 Å². The number of carbonyl (C=O) groups is 1. The first-order chi connectivity index (χ1) is 7.77. The number of nitrogens with two attached hydrogens (primary N) is 1. The van der Waals surface area contributed by atoms with Crippen molar-refractivity contribution in [3.8, 4) is 0 Å². The van der Waals surface area contributed by atoms with E-state index in [9.17, 15) is 4.79 Å². The number of hydrogen-bond acceptors (Lipinski definition) is 3. The molecule has 2 rings (SSSR count). The van der Waals surface area contributed by atoms with Gasteiger partial charge in [0.1, 0.15) is 0 Å². The maximum absolute atomic E-state index is 11.9. The molecule has 4 nitrogen and oxygen atoms in total. The van der Waals surface area contributed by atoms with Crippen molar-refractivity contribution in [2.24, 2.45) is 5.92 Å². The van der Waals surface area contributed by atoms with Crippen molar-refractivity contribution in [2.45, 2.75) is 12.8 Å². The van der Waals surface area contributed by atoms with Gasteiger partial charge in [-0.05, 0) is 31.5 Å². The Morgan fingerprint density at radius 2 is 2.25 bits per heavy atom. The van der Waals surface area contributed by atoms with Crippen molar-refractivity contribution < 1.29 is 4.79 Å². The van der Waals surface area contributed by atoms with Gasteiger partial charge in [-0.15, -0.1) is 0 Å². The Bertz CT molecular complexity index is 372. The average Bonchev–Trinajstić information content (AvgIpc) is 2.33. The molecule has 0 saturated carbocycles. The average molecular weight is 219 g/mol. The van der Waals surface area contributed by atoms with E-state index in [1.165, 1.54) is 0 Å². The molecule has 16 heavy (non-hydrogen) atoms. The van der Waals surface area contributed by atoms with Gasteiger partial charge in [-0.3, -0.25) is 4.79 Å². The number of piperidine rings is 1. The third kappa shape index (κ3) is 2.52. The van der Waals surface area contributed by atoms with Crippen molar-refractivity contribution in [1.82, 2.24) is 5.32 Å². The molecule has 0 radical (unpaired) electrons. The Kier molecular flexibility index (Phi) is 3.41. The van der Waals surface area contributed by atoms with E-state index in [1.807, 2.05) is 18.2 Å². The van der Waals surface area contributed by atoms with Gasteiger partial charge in [-0.25, -0.2) is 0 Å². The molecule has 86 valence electrons. The van der Waals surface area contributed by atoms with Crippen LogP contribution in [0.1, 0.15) is 12.8 Å². The van der Waals surface area contributed by atoms with Gasteiger partial charge >= 0.3 is 0 Å². The summed E-state index contributed by atoms with van der Waals surface area (Å²) >= 11 is 0. The minimum Gasteiger partial charge on any atom is -0.397 e. The zero-order chi connectivity index (χ0) is 11.4. The second-order valence-electron chi connectivity index (χ2n) is 4.12. The largest absolute Gasteiger partial charge is 0.397 e. The van der Waals surface area contributed by atoms with E-state index in [2.05, 4.69) is 10.6 Å². The molecule has 1 aromatic carbocycles. The van der Waals surface area contributed by atoms with E-state index in [0.717, 1.165) is 25.9 Å².